The van der Waals surface area contributed by atoms with Crippen LogP contribution in [0.2, 0.25) is 10.0 Å². The molecule has 3 aromatic carbocycles. The van der Waals surface area contributed by atoms with Gasteiger partial charge in [0.15, 0.2) is 0 Å². The van der Waals surface area contributed by atoms with Gasteiger partial charge in [0.2, 0.25) is 21.8 Å². The quantitative estimate of drug-likeness (QED) is 0.230. The van der Waals surface area contributed by atoms with E-state index in [1.165, 1.54) is 23.1 Å². The fraction of sp³-hybridized carbons (Fsp3) is 0.286. The van der Waals surface area contributed by atoms with Crippen LogP contribution in [0.15, 0.2) is 66.7 Å². The molecule has 1 unspecified atom stereocenters. The molecule has 0 aliphatic heterocycles. The minimum absolute atomic E-state index is 0.0165. The highest BCUT2D eigenvalue weighted by Gasteiger charge is 2.34. The largest absolute Gasteiger partial charge is 0.355 e. The van der Waals surface area contributed by atoms with E-state index in [2.05, 4.69) is 5.32 Å². The molecule has 13 heteroatoms. The molecule has 1 N–H and O–H groups in total. The first-order valence-corrected chi connectivity index (χ1v) is 15.2. The highest BCUT2D eigenvalue weighted by atomic mass is 35.5. The van der Waals surface area contributed by atoms with E-state index >= 15 is 0 Å². The van der Waals surface area contributed by atoms with E-state index in [9.17, 15) is 28.1 Å². The molecule has 41 heavy (non-hydrogen) atoms. The van der Waals surface area contributed by atoms with Crippen molar-refractivity contribution in [3.05, 3.63) is 104 Å². The summed E-state index contributed by atoms with van der Waals surface area (Å²) < 4.78 is 26.7. The summed E-state index contributed by atoms with van der Waals surface area (Å²) in [5.74, 6) is -1.15. The molecular weight excluding hydrogens is 591 g/mol. The minimum Gasteiger partial charge on any atom is -0.355 e. The predicted molar refractivity (Wildman–Crippen MR) is 160 cm³/mol. The van der Waals surface area contributed by atoms with Crippen molar-refractivity contribution in [2.24, 2.45) is 0 Å². The Bertz CT molecular complexity index is 1540. The van der Waals surface area contributed by atoms with Crippen molar-refractivity contribution in [2.45, 2.75) is 32.9 Å². The molecule has 1 atom stereocenters. The van der Waals surface area contributed by atoms with Gasteiger partial charge in [0.05, 0.1) is 16.9 Å². The van der Waals surface area contributed by atoms with Crippen LogP contribution in [0.4, 0.5) is 11.4 Å². The van der Waals surface area contributed by atoms with Gasteiger partial charge in [0.25, 0.3) is 5.69 Å². The Morgan fingerprint density at radius 1 is 1.05 bits per heavy atom. The lowest BCUT2D eigenvalue weighted by molar-refractivity contribution is -0.384. The third-order valence-corrected chi connectivity index (χ3v) is 8.04. The number of nitrogens with one attached hydrogen (secondary N) is 1. The second kappa shape index (κ2) is 13.8. The maximum atomic E-state index is 14.1. The van der Waals surface area contributed by atoms with Crippen LogP contribution in [0.1, 0.15) is 23.6 Å². The second-order valence-corrected chi connectivity index (χ2v) is 12.1. The number of sulfonamides is 1. The first-order chi connectivity index (χ1) is 19.3. The number of hydrogen-bond acceptors (Lipinski definition) is 6. The second-order valence-electron chi connectivity index (χ2n) is 9.36. The zero-order valence-corrected chi connectivity index (χ0v) is 25.0. The fourth-order valence-corrected chi connectivity index (χ4v) is 5.62. The van der Waals surface area contributed by atoms with Gasteiger partial charge in [-0.2, -0.15) is 0 Å². The van der Waals surface area contributed by atoms with Crippen molar-refractivity contribution < 1.29 is 22.9 Å². The summed E-state index contributed by atoms with van der Waals surface area (Å²) in [5.41, 5.74) is 1.33. The van der Waals surface area contributed by atoms with Gasteiger partial charge in [-0.25, -0.2) is 8.42 Å². The number of likely N-dealkylation sites (N-methyl/N-ethyl adjacent to an activating group) is 1. The van der Waals surface area contributed by atoms with E-state index in [-0.39, 0.29) is 29.4 Å². The van der Waals surface area contributed by atoms with E-state index in [4.69, 9.17) is 23.2 Å². The van der Waals surface area contributed by atoms with Crippen LogP contribution in [0.5, 0.6) is 0 Å². The molecule has 0 heterocycles. The summed E-state index contributed by atoms with van der Waals surface area (Å²) in [4.78, 5) is 39.5. The molecule has 0 aliphatic carbocycles. The number of rotatable bonds is 12. The van der Waals surface area contributed by atoms with Gasteiger partial charge in [-0.1, -0.05) is 65.7 Å². The predicted octanol–water partition coefficient (Wildman–Crippen LogP) is 4.75. The van der Waals surface area contributed by atoms with Crippen molar-refractivity contribution >= 4 is 56.4 Å². The summed E-state index contributed by atoms with van der Waals surface area (Å²) >= 11 is 12.5. The summed E-state index contributed by atoms with van der Waals surface area (Å²) in [6.45, 7) is 2.79. The summed E-state index contributed by atoms with van der Waals surface area (Å²) in [6.07, 6.45) is 1.04. The average molecular weight is 622 g/mol. The molecular formula is C28H30Cl2N4O6S. The molecule has 3 aromatic rings. The topological polar surface area (TPSA) is 130 Å². The van der Waals surface area contributed by atoms with Gasteiger partial charge < -0.3 is 10.2 Å². The number of aryl methyl sites for hydroxylation is 1. The van der Waals surface area contributed by atoms with Gasteiger partial charge in [0, 0.05) is 41.7 Å². The fourth-order valence-electron chi connectivity index (χ4n) is 4.25. The zero-order valence-electron chi connectivity index (χ0n) is 22.7. The maximum absolute atomic E-state index is 14.1. The summed E-state index contributed by atoms with van der Waals surface area (Å²) in [6, 6.07) is 16.5. The SMILES string of the molecule is CCNC(=O)C(Cc1ccccc1)N(Cc1ccc(Cl)cc1Cl)C(=O)CN(c1cc([N+](=O)[O-])ccc1C)S(C)(=O)=O. The summed E-state index contributed by atoms with van der Waals surface area (Å²) in [5, 5.41) is 14.8. The van der Waals surface area contributed by atoms with E-state index in [0.717, 1.165) is 22.2 Å². The van der Waals surface area contributed by atoms with Crippen LogP contribution >= 0.6 is 23.2 Å². The number of carbonyl (C=O) groups excluding carboxylic acids is 2. The molecule has 0 aliphatic rings. The van der Waals surface area contributed by atoms with Gasteiger partial charge >= 0.3 is 0 Å². The van der Waals surface area contributed by atoms with Crippen molar-refractivity contribution in [1.29, 1.82) is 0 Å². The highest BCUT2D eigenvalue weighted by molar-refractivity contribution is 7.92. The van der Waals surface area contributed by atoms with Crippen LogP contribution in [0.3, 0.4) is 0 Å². The van der Waals surface area contributed by atoms with Crippen molar-refractivity contribution in [2.75, 3.05) is 23.7 Å². The van der Waals surface area contributed by atoms with Gasteiger partial charge in [0.1, 0.15) is 12.6 Å². The standard InChI is InChI=1S/C28H30Cl2N4O6S/c1-4-31-28(36)26(14-20-8-6-5-7-9-20)32(17-21-11-12-22(29)15-24(21)30)27(35)18-33(41(3,39)40)25-16-23(34(37)38)13-10-19(25)2/h5-13,15-16,26H,4,14,17-18H2,1-3H3,(H,31,36). The Hall–Kier alpha value is -3.67. The number of halogens is 2. The number of hydrogen-bond donors (Lipinski definition) is 1. The normalized spacial score (nSPS) is 11.9. The Morgan fingerprint density at radius 3 is 2.32 bits per heavy atom. The monoisotopic (exact) mass is 620 g/mol. The Labute approximate surface area is 249 Å². The van der Waals surface area contributed by atoms with E-state index in [0.29, 0.717) is 22.7 Å². The minimum atomic E-state index is -4.09. The molecule has 0 radical (unpaired) electrons. The van der Waals surface area contributed by atoms with Crippen molar-refractivity contribution in [3.8, 4) is 0 Å². The maximum Gasteiger partial charge on any atom is 0.271 e. The number of nitro groups is 1. The van der Waals surface area contributed by atoms with Crippen LogP contribution in [-0.2, 0) is 32.6 Å². The lowest BCUT2D eigenvalue weighted by Crippen LogP contribution is -2.53. The third-order valence-electron chi connectivity index (χ3n) is 6.33. The van der Waals surface area contributed by atoms with E-state index in [1.807, 2.05) is 30.3 Å². The molecule has 0 spiro atoms. The third kappa shape index (κ3) is 8.42. The smallest absolute Gasteiger partial charge is 0.271 e. The van der Waals surface area contributed by atoms with Crippen LogP contribution in [0.25, 0.3) is 0 Å². The molecule has 0 saturated heterocycles. The first kappa shape index (κ1) is 31.9. The number of nitrogens with zero attached hydrogens (tertiary/aromatic N) is 3. The summed E-state index contributed by atoms with van der Waals surface area (Å²) in [7, 11) is -4.09. The lowest BCUT2D eigenvalue weighted by atomic mass is 10.0. The highest BCUT2D eigenvalue weighted by Crippen LogP contribution is 2.29. The number of non-ortho nitro benzene ring substituents is 1. The molecule has 0 bridgehead atoms. The number of nitro benzene ring substituents is 1. The van der Waals surface area contributed by atoms with Gasteiger partial charge in [-0.15, -0.1) is 0 Å². The molecule has 10 nitrogen and oxygen atoms in total. The molecule has 2 amide bonds. The molecule has 0 fully saturated rings. The molecule has 3 rings (SSSR count). The van der Waals surface area contributed by atoms with Gasteiger partial charge in [-0.05, 0) is 42.7 Å². The Morgan fingerprint density at radius 2 is 1.73 bits per heavy atom. The average Bonchev–Trinajstić information content (AvgIpc) is 2.90. The van der Waals surface area contributed by atoms with Crippen molar-refractivity contribution in [1.82, 2.24) is 10.2 Å². The van der Waals surface area contributed by atoms with Crippen LogP contribution < -0.4 is 9.62 Å². The first-order valence-electron chi connectivity index (χ1n) is 12.6. The van der Waals surface area contributed by atoms with E-state index in [1.54, 1.807) is 26.0 Å². The van der Waals surface area contributed by atoms with Crippen LogP contribution in [0, 0.1) is 17.0 Å². The molecule has 218 valence electrons. The Balaban J connectivity index is 2.12. The molecule has 0 aromatic heterocycles. The lowest BCUT2D eigenvalue weighted by Gasteiger charge is -2.34. The van der Waals surface area contributed by atoms with Gasteiger partial charge in [-0.3, -0.25) is 24.0 Å². The zero-order chi connectivity index (χ0) is 30.3. The number of amides is 2. The van der Waals surface area contributed by atoms with Crippen LogP contribution in [-0.4, -0.2) is 55.4 Å². The molecule has 0 saturated carbocycles. The Kier molecular flexibility index (Phi) is 10.7. The van der Waals surface area contributed by atoms with E-state index < -0.39 is 39.3 Å². The number of carbonyl (C=O) groups is 2. The number of benzene rings is 3. The number of anilines is 1. The van der Waals surface area contributed by atoms with Crippen molar-refractivity contribution in [3.63, 3.8) is 0 Å².